The average molecular weight is 286 g/mol. The fourth-order valence-electron chi connectivity index (χ4n) is 4.59. The zero-order valence-corrected chi connectivity index (χ0v) is 14.1. The Balaban J connectivity index is 1.86. The number of carbonyl (C=O) groups is 1. The van der Waals surface area contributed by atoms with Gasteiger partial charge in [0.05, 0.1) is 0 Å². The van der Waals surface area contributed by atoms with Crippen molar-refractivity contribution in [1.29, 1.82) is 0 Å². The standard InChI is InChI=1S/C18H26OSi/c1-18(2)13-10-11-15(16(18)12-13)17(19)20(3,4)14-8-6-5-7-9-14/h5-9,13,15-16H,10-12H2,1-4H3/t13-,15+,16-/m0/s1. The molecule has 0 aliphatic heterocycles. The predicted molar refractivity (Wildman–Crippen MR) is 86.7 cm³/mol. The van der Waals surface area contributed by atoms with E-state index >= 15 is 0 Å². The molecule has 1 aromatic rings. The second-order valence-electron chi connectivity index (χ2n) is 7.90. The highest BCUT2D eigenvalue weighted by Crippen LogP contribution is 2.61. The first-order valence-electron chi connectivity index (χ1n) is 7.95. The maximum atomic E-state index is 13.2. The zero-order chi connectivity index (χ0) is 14.5. The van der Waals surface area contributed by atoms with E-state index in [-0.39, 0.29) is 0 Å². The third-order valence-electron chi connectivity index (χ3n) is 6.31. The molecule has 0 saturated heterocycles. The van der Waals surface area contributed by atoms with Crippen LogP contribution in [0.2, 0.25) is 13.1 Å². The van der Waals surface area contributed by atoms with Crippen LogP contribution in [0.4, 0.5) is 0 Å². The van der Waals surface area contributed by atoms with Crippen molar-refractivity contribution in [3.05, 3.63) is 30.3 Å². The van der Waals surface area contributed by atoms with Crippen molar-refractivity contribution in [3.63, 3.8) is 0 Å². The first-order chi connectivity index (χ1) is 9.35. The summed E-state index contributed by atoms with van der Waals surface area (Å²) < 4.78 is 0. The molecule has 0 amide bonds. The lowest BCUT2D eigenvalue weighted by Gasteiger charge is -2.60. The molecule has 3 saturated carbocycles. The van der Waals surface area contributed by atoms with Gasteiger partial charge in [-0.2, -0.15) is 0 Å². The summed E-state index contributed by atoms with van der Waals surface area (Å²) in [6, 6.07) is 10.5. The summed E-state index contributed by atoms with van der Waals surface area (Å²) in [5.74, 6) is 1.85. The molecule has 3 fully saturated rings. The number of hydrogen-bond acceptors (Lipinski definition) is 1. The molecule has 20 heavy (non-hydrogen) atoms. The van der Waals surface area contributed by atoms with Gasteiger partial charge in [0.1, 0.15) is 5.41 Å². The van der Waals surface area contributed by atoms with Crippen molar-refractivity contribution in [1.82, 2.24) is 0 Å². The molecule has 2 heteroatoms. The molecule has 3 aliphatic carbocycles. The van der Waals surface area contributed by atoms with Gasteiger partial charge in [0.2, 0.25) is 0 Å². The van der Waals surface area contributed by atoms with Crippen molar-refractivity contribution < 1.29 is 4.79 Å². The topological polar surface area (TPSA) is 17.1 Å². The Morgan fingerprint density at radius 1 is 1.15 bits per heavy atom. The van der Waals surface area contributed by atoms with Gasteiger partial charge in [-0.05, 0) is 36.5 Å². The lowest BCUT2D eigenvalue weighted by Crippen LogP contribution is -2.60. The SMILES string of the molecule is CC1(C)[C@H]2CC[C@@H](C(=O)[Si](C)(C)c3ccccc3)[C@@H]1C2. The van der Waals surface area contributed by atoms with E-state index in [4.69, 9.17) is 0 Å². The van der Waals surface area contributed by atoms with E-state index in [1.165, 1.54) is 18.0 Å². The Morgan fingerprint density at radius 3 is 2.35 bits per heavy atom. The van der Waals surface area contributed by atoms with E-state index in [1.54, 1.807) is 0 Å². The molecule has 1 aromatic carbocycles. The third-order valence-corrected chi connectivity index (χ3v) is 9.69. The van der Waals surface area contributed by atoms with E-state index in [0.717, 1.165) is 12.3 Å². The minimum absolute atomic E-state index is 0.330. The van der Waals surface area contributed by atoms with Crippen LogP contribution < -0.4 is 5.19 Å². The van der Waals surface area contributed by atoms with E-state index in [0.29, 0.717) is 22.7 Å². The molecule has 3 atom stereocenters. The molecule has 0 unspecified atom stereocenters. The van der Waals surface area contributed by atoms with Crippen molar-refractivity contribution in [2.45, 2.75) is 46.2 Å². The quantitative estimate of drug-likeness (QED) is 0.773. The molecule has 2 bridgehead atoms. The minimum atomic E-state index is -1.99. The summed E-state index contributed by atoms with van der Waals surface area (Å²) in [7, 11) is -1.99. The lowest BCUT2D eigenvalue weighted by atomic mass is 9.46. The van der Waals surface area contributed by atoms with Crippen molar-refractivity contribution in [3.8, 4) is 0 Å². The van der Waals surface area contributed by atoms with Crippen molar-refractivity contribution >= 4 is 18.7 Å². The molecule has 0 N–H and O–H groups in total. The number of rotatable bonds is 3. The largest absolute Gasteiger partial charge is 0.305 e. The Hall–Kier alpha value is -0.893. The molecule has 0 heterocycles. The van der Waals surface area contributed by atoms with Crippen LogP contribution in [0.25, 0.3) is 0 Å². The number of fused-ring (bicyclic) bond motifs is 2. The van der Waals surface area contributed by atoms with Crippen LogP contribution in [0.1, 0.15) is 33.1 Å². The molecule has 0 aromatic heterocycles. The highest BCUT2D eigenvalue weighted by atomic mass is 28.3. The van der Waals surface area contributed by atoms with Gasteiger partial charge < -0.3 is 4.79 Å². The van der Waals surface area contributed by atoms with E-state index < -0.39 is 8.07 Å². The molecule has 4 rings (SSSR count). The summed E-state index contributed by atoms with van der Waals surface area (Å²) in [6.45, 7) is 9.23. The van der Waals surface area contributed by atoms with Gasteiger partial charge in [0.15, 0.2) is 8.07 Å². The van der Waals surface area contributed by atoms with Gasteiger partial charge in [-0.15, -0.1) is 0 Å². The monoisotopic (exact) mass is 286 g/mol. The second-order valence-corrected chi connectivity index (χ2v) is 12.2. The fraction of sp³-hybridized carbons (Fsp3) is 0.611. The van der Waals surface area contributed by atoms with Crippen LogP contribution >= 0.6 is 0 Å². The first-order valence-corrected chi connectivity index (χ1v) is 10.9. The van der Waals surface area contributed by atoms with Gasteiger partial charge in [-0.3, -0.25) is 0 Å². The average Bonchev–Trinajstić information content (AvgIpc) is 2.47. The van der Waals surface area contributed by atoms with Gasteiger partial charge in [0, 0.05) is 5.92 Å². The van der Waals surface area contributed by atoms with Crippen molar-refractivity contribution in [2.24, 2.45) is 23.2 Å². The number of hydrogen-bond donors (Lipinski definition) is 0. The molecule has 0 spiro atoms. The summed E-state index contributed by atoms with van der Waals surface area (Å²) in [4.78, 5) is 13.2. The van der Waals surface area contributed by atoms with E-state index in [2.05, 4.69) is 51.2 Å². The second kappa shape index (κ2) is 4.56. The maximum Gasteiger partial charge on any atom is 0.157 e. The Labute approximate surface area is 123 Å². The summed E-state index contributed by atoms with van der Waals surface area (Å²) in [6.07, 6.45) is 3.70. The van der Waals surface area contributed by atoms with E-state index in [9.17, 15) is 4.79 Å². The van der Waals surface area contributed by atoms with Gasteiger partial charge in [-0.25, -0.2) is 0 Å². The molecule has 108 valence electrons. The van der Waals surface area contributed by atoms with Crippen LogP contribution in [0.5, 0.6) is 0 Å². The fourth-order valence-corrected chi connectivity index (χ4v) is 7.17. The number of carbonyl (C=O) groups excluding carboxylic acids is 1. The Kier molecular flexibility index (Phi) is 3.20. The zero-order valence-electron chi connectivity index (χ0n) is 13.1. The van der Waals surface area contributed by atoms with Gasteiger partial charge in [-0.1, -0.05) is 62.5 Å². The van der Waals surface area contributed by atoms with Crippen LogP contribution in [0.15, 0.2) is 30.3 Å². The normalized spacial score (nSPS) is 31.5. The summed E-state index contributed by atoms with van der Waals surface area (Å²) in [5, 5.41) is 1.89. The summed E-state index contributed by atoms with van der Waals surface area (Å²) >= 11 is 0. The molecule has 1 nitrogen and oxygen atoms in total. The van der Waals surface area contributed by atoms with Gasteiger partial charge in [0.25, 0.3) is 0 Å². The lowest BCUT2D eigenvalue weighted by molar-refractivity contribution is -0.139. The van der Waals surface area contributed by atoms with E-state index in [1.807, 2.05) is 6.07 Å². The molecule has 0 radical (unpaired) electrons. The smallest absolute Gasteiger partial charge is 0.157 e. The maximum absolute atomic E-state index is 13.2. The number of benzene rings is 1. The summed E-state index contributed by atoms with van der Waals surface area (Å²) in [5.41, 5.74) is 0.403. The first kappa shape index (κ1) is 14.1. The molecular weight excluding hydrogens is 260 g/mol. The van der Waals surface area contributed by atoms with Crippen LogP contribution in [-0.2, 0) is 4.79 Å². The molecular formula is C18H26OSi. The predicted octanol–water partition coefficient (Wildman–Crippen LogP) is 3.78. The van der Waals surface area contributed by atoms with Crippen molar-refractivity contribution in [2.75, 3.05) is 0 Å². The highest BCUT2D eigenvalue weighted by molar-refractivity contribution is 7.13. The highest BCUT2D eigenvalue weighted by Gasteiger charge is 2.57. The minimum Gasteiger partial charge on any atom is -0.305 e. The Morgan fingerprint density at radius 2 is 1.80 bits per heavy atom. The Bertz CT molecular complexity index is 515. The van der Waals surface area contributed by atoms with Crippen LogP contribution in [-0.4, -0.2) is 13.5 Å². The van der Waals surface area contributed by atoms with Crippen LogP contribution in [0.3, 0.4) is 0 Å². The van der Waals surface area contributed by atoms with Gasteiger partial charge >= 0.3 is 0 Å². The third kappa shape index (κ3) is 1.92. The van der Waals surface area contributed by atoms with Crippen LogP contribution in [0, 0.1) is 23.2 Å². The molecule has 3 aliphatic rings.